The number of carbonyl (C=O) groups is 1. The SMILES string of the molecule is NS(=O)(=O)c1ccc(CCNC(=O)CC2CCSCC2)s1. The molecule has 1 aliphatic heterocycles. The summed E-state index contributed by atoms with van der Waals surface area (Å²) in [4.78, 5) is 12.7. The van der Waals surface area contributed by atoms with Crippen LogP contribution < -0.4 is 10.5 Å². The number of rotatable bonds is 6. The third-order valence-corrected chi connectivity index (χ3v) is 7.06. The number of thiophene rings is 1. The standard InChI is InChI=1S/C13H20N2O3S3/c14-21(17,18)13-2-1-11(20-13)3-6-15-12(16)9-10-4-7-19-8-5-10/h1-2,10H,3-9H2,(H,15,16)(H2,14,17,18). The van der Waals surface area contributed by atoms with Gasteiger partial charge in [-0.05, 0) is 48.8 Å². The lowest BCUT2D eigenvalue weighted by molar-refractivity contribution is -0.122. The van der Waals surface area contributed by atoms with E-state index in [0.717, 1.165) is 40.6 Å². The number of hydrogen-bond acceptors (Lipinski definition) is 5. The smallest absolute Gasteiger partial charge is 0.247 e. The minimum atomic E-state index is -3.61. The van der Waals surface area contributed by atoms with Gasteiger partial charge >= 0.3 is 0 Å². The molecule has 2 heterocycles. The minimum Gasteiger partial charge on any atom is -0.356 e. The van der Waals surface area contributed by atoms with Crippen molar-refractivity contribution in [2.75, 3.05) is 18.1 Å². The molecule has 3 N–H and O–H groups in total. The van der Waals surface area contributed by atoms with E-state index < -0.39 is 10.0 Å². The minimum absolute atomic E-state index is 0.0927. The van der Waals surface area contributed by atoms with Crippen molar-refractivity contribution in [2.24, 2.45) is 11.1 Å². The maximum absolute atomic E-state index is 11.8. The lowest BCUT2D eigenvalue weighted by Gasteiger charge is -2.20. The first-order chi connectivity index (χ1) is 9.95. The number of hydrogen-bond donors (Lipinski definition) is 2. The molecule has 21 heavy (non-hydrogen) atoms. The van der Waals surface area contributed by atoms with Crippen LogP contribution >= 0.6 is 23.1 Å². The van der Waals surface area contributed by atoms with Gasteiger partial charge in [-0.2, -0.15) is 11.8 Å². The van der Waals surface area contributed by atoms with Gasteiger partial charge in [-0.3, -0.25) is 4.79 Å². The number of nitrogens with two attached hydrogens (primary N) is 1. The van der Waals surface area contributed by atoms with Crippen LogP contribution in [0.4, 0.5) is 0 Å². The number of amides is 1. The van der Waals surface area contributed by atoms with E-state index >= 15 is 0 Å². The Balaban J connectivity index is 1.71. The van der Waals surface area contributed by atoms with Crippen LogP contribution in [0.15, 0.2) is 16.3 Å². The quantitative estimate of drug-likeness (QED) is 0.817. The van der Waals surface area contributed by atoms with Crippen molar-refractivity contribution in [3.63, 3.8) is 0 Å². The van der Waals surface area contributed by atoms with Crippen molar-refractivity contribution in [1.29, 1.82) is 0 Å². The van der Waals surface area contributed by atoms with Crippen LogP contribution in [0, 0.1) is 5.92 Å². The molecule has 1 saturated heterocycles. The highest BCUT2D eigenvalue weighted by Crippen LogP contribution is 2.25. The fourth-order valence-corrected chi connectivity index (χ4v) is 5.24. The molecule has 0 saturated carbocycles. The Hall–Kier alpha value is -0.570. The van der Waals surface area contributed by atoms with Gasteiger partial charge in [0.15, 0.2) is 0 Å². The van der Waals surface area contributed by atoms with Crippen LogP contribution in [-0.4, -0.2) is 32.4 Å². The predicted octanol–water partition coefficient (Wildman–Crippen LogP) is 1.59. The summed E-state index contributed by atoms with van der Waals surface area (Å²) in [6, 6.07) is 3.26. The molecule has 0 radical (unpaired) electrons. The monoisotopic (exact) mass is 348 g/mol. The van der Waals surface area contributed by atoms with E-state index in [4.69, 9.17) is 5.14 Å². The molecule has 1 aliphatic rings. The fourth-order valence-electron chi connectivity index (χ4n) is 2.26. The zero-order chi connectivity index (χ0) is 15.3. The summed E-state index contributed by atoms with van der Waals surface area (Å²) >= 11 is 3.12. The fraction of sp³-hybridized carbons (Fsp3) is 0.615. The molecule has 0 bridgehead atoms. The number of nitrogens with one attached hydrogen (secondary N) is 1. The normalized spacial score (nSPS) is 16.8. The Labute approximate surface area is 133 Å². The van der Waals surface area contributed by atoms with Crippen LogP contribution in [0.5, 0.6) is 0 Å². The van der Waals surface area contributed by atoms with Crippen LogP contribution in [0.1, 0.15) is 24.1 Å². The highest BCUT2D eigenvalue weighted by molar-refractivity contribution is 7.99. The molecule has 0 spiro atoms. The summed E-state index contributed by atoms with van der Waals surface area (Å²) < 4.78 is 22.5. The highest BCUT2D eigenvalue weighted by atomic mass is 32.2. The van der Waals surface area contributed by atoms with Gasteiger partial charge in [-0.15, -0.1) is 11.3 Å². The number of primary sulfonamides is 1. The second-order valence-corrected chi connectivity index (χ2v) is 9.31. The van der Waals surface area contributed by atoms with Gasteiger partial charge in [-0.1, -0.05) is 0 Å². The molecule has 2 rings (SSSR count). The van der Waals surface area contributed by atoms with Crippen LogP contribution in [0.3, 0.4) is 0 Å². The number of carbonyl (C=O) groups excluding carboxylic acids is 1. The second-order valence-electron chi connectivity index (χ2n) is 5.13. The van der Waals surface area contributed by atoms with E-state index in [-0.39, 0.29) is 10.1 Å². The van der Waals surface area contributed by atoms with Crippen molar-refractivity contribution >= 4 is 39.0 Å². The Morgan fingerprint density at radius 3 is 2.67 bits per heavy atom. The van der Waals surface area contributed by atoms with E-state index in [1.165, 1.54) is 6.07 Å². The summed E-state index contributed by atoms with van der Waals surface area (Å²) in [5.41, 5.74) is 0. The molecule has 1 amide bonds. The molecule has 0 atom stereocenters. The molecular weight excluding hydrogens is 328 g/mol. The van der Waals surface area contributed by atoms with E-state index in [9.17, 15) is 13.2 Å². The third-order valence-electron chi connectivity index (χ3n) is 3.43. The Morgan fingerprint density at radius 1 is 1.33 bits per heavy atom. The van der Waals surface area contributed by atoms with Gasteiger partial charge in [0.05, 0.1) is 0 Å². The topological polar surface area (TPSA) is 89.3 Å². The average molecular weight is 349 g/mol. The summed E-state index contributed by atoms with van der Waals surface area (Å²) in [6.45, 7) is 0.533. The van der Waals surface area contributed by atoms with E-state index in [1.807, 2.05) is 11.8 Å². The van der Waals surface area contributed by atoms with Gasteiger partial charge in [0, 0.05) is 17.8 Å². The second kappa shape index (κ2) is 7.62. The lowest BCUT2D eigenvalue weighted by Crippen LogP contribution is -2.28. The first-order valence-corrected chi connectivity index (χ1v) is 10.4. The number of thioether (sulfide) groups is 1. The Kier molecular flexibility index (Phi) is 6.09. The summed E-state index contributed by atoms with van der Waals surface area (Å²) in [5.74, 6) is 2.92. The van der Waals surface area contributed by atoms with Crippen LogP contribution in [-0.2, 0) is 21.2 Å². The Morgan fingerprint density at radius 2 is 2.05 bits per heavy atom. The van der Waals surface area contributed by atoms with Crippen molar-refractivity contribution in [1.82, 2.24) is 5.32 Å². The molecule has 8 heteroatoms. The molecule has 1 aromatic heterocycles. The first-order valence-electron chi connectivity index (χ1n) is 6.91. The molecule has 0 aromatic carbocycles. The lowest BCUT2D eigenvalue weighted by atomic mass is 9.98. The molecule has 1 aromatic rings. The highest BCUT2D eigenvalue weighted by Gasteiger charge is 2.17. The van der Waals surface area contributed by atoms with Gasteiger partial charge in [-0.25, -0.2) is 13.6 Å². The largest absolute Gasteiger partial charge is 0.356 e. The van der Waals surface area contributed by atoms with Gasteiger partial charge < -0.3 is 5.32 Å². The van der Waals surface area contributed by atoms with E-state index in [1.54, 1.807) is 6.07 Å². The van der Waals surface area contributed by atoms with Gasteiger partial charge in [0.2, 0.25) is 15.9 Å². The van der Waals surface area contributed by atoms with Gasteiger partial charge in [0.25, 0.3) is 0 Å². The maximum Gasteiger partial charge on any atom is 0.247 e. The van der Waals surface area contributed by atoms with Crippen molar-refractivity contribution in [3.8, 4) is 0 Å². The average Bonchev–Trinajstić information content (AvgIpc) is 2.88. The molecule has 0 unspecified atom stereocenters. The van der Waals surface area contributed by atoms with E-state index in [0.29, 0.717) is 25.3 Å². The number of sulfonamides is 1. The molecular formula is C13H20N2O3S3. The van der Waals surface area contributed by atoms with Crippen molar-refractivity contribution in [2.45, 2.75) is 29.9 Å². The van der Waals surface area contributed by atoms with Crippen molar-refractivity contribution in [3.05, 3.63) is 17.0 Å². The molecule has 0 aliphatic carbocycles. The first kappa shape index (κ1) is 16.8. The van der Waals surface area contributed by atoms with Crippen LogP contribution in [0.2, 0.25) is 0 Å². The maximum atomic E-state index is 11.8. The predicted molar refractivity (Wildman–Crippen MR) is 87.1 cm³/mol. The zero-order valence-corrected chi connectivity index (χ0v) is 14.2. The molecule has 5 nitrogen and oxygen atoms in total. The van der Waals surface area contributed by atoms with Crippen LogP contribution in [0.25, 0.3) is 0 Å². The zero-order valence-electron chi connectivity index (χ0n) is 11.7. The summed E-state index contributed by atoms with van der Waals surface area (Å²) in [6.07, 6.45) is 3.49. The summed E-state index contributed by atoms with van der Waals surface area (Å²) in [7, 11) is -3.61. The molecule has 118 valence electrons. The summed E-state index contributed by atoms with van der Waals surface area (Å²) in [5, 5.41) is 7.97. The van der Waals surface area contributed by atoms with Crippen molar-refractivity contribution < 1.29 is 13.2 Å². The molecule has 1 fully saturated rings. The van der Waals surface area contributed by atoms with E-state index in [2.05, 4.69) is 5.32 Å². The van der Waals surface area contributed by atoms with Gasteiger partial charge in [0.1, 0.15) is 4.21 Å². The Bertz CT molecular complexity index is 577. The third kappa shape index (κ3) is 5.61.